The Morgan fingerprint density at radius 3 is 2.12 bits per heavy atom. The maximum absolute atomic E-state index is 6.29. The zero-order valence-corrected chi connectivity index (χ0v) is 24.1. The van der Waals surface area contributed by atoms with E-state index in [0.717, 1.165) is 11.4 Å². The van der Waals surface area contributed by atoms with Crippen molar-refractivity contribution < 1.29 is 0 Å². The molecule has 0 saturated heterocycles. The number of hydrogen-bond donors (Lipinski definition) is 1. The molecule has 0 aliphatic rings. The number of anilines is 2. The third-order valence-electron chi connectivity index (χ3n) is 6.35. The molecule has 33 heavy (non-hydrogen) atoms. The summed E-state index contributed by atoms with van der Waals surface area (Å²) in [5, 5.41) is 7.86. The van der Waals surface area contributed by atoms with Crippen LogP contribution in [0.4, 0.5) is 11.6 Å². The number of halogens is 1. The van der Waals surface area contributed by atoms with Gasteiger partial charge in [-0.2, -0.15) is 0 Å². The van der Waals surface area contributed by atoms with Crippen molar-refractivity contribution in [2.45, 2.75) is 72.6 Å². The minimum absolute atomic E-state index is 0.493. The second-order valence-corrected chi connectivity index (χ2v) is 22.3. The number of aromatic nitrogens is 5. The van der Waals surface area contributed by atoms with Crippen molar-refractivity contribution in [3.05, 3.63) is 41.8 Å². The molecule has 3 heterocycles. The van der Waals surface area contributed by atoms with Crippen LogP contribution >= 0.6 is 11.6 Å². The monoisotopic (exact) mass is 576 g/mol. The molecule has 0 spiro atoms. The molecular formula is C25H37ClN6Sn. The minimum atomic E-state index is -2.60. The van der Waals surface area contributed by atoms with E-state index < -0.39 is 18.4 Å². The van der Waals surface area contributed by atoms with Gasteiger partial charge in [-0.3, -0.25) is 0 Å². The first kappa shape index (κ1) is 25.9. The number of nitrogens with one attached hydrogen (secondary N) is 1. The number of hydrogen-bond acceptors (Lipinski definition) is 5. The predicted octanol–water partition coefficient (Wildman–Crippen LogP) is 6.73. The second kappa shape index (κ2) is 12.7. The fourth-order valence-corrected chi connectivity index (χ4v) is 20.0. The summed E-state index contributed by atoms with van der Waals surface area (Å²) in [5.41, 5.74) is 2.45. The first-order valence-corrected chi connectivity index (χ1v) is 20.1. The van der Waals surface area contributed by atoms with Gasteiger partial charge in [-0.25, -0.2) is 0 Å². The summed E-state index contributed by atoms with van der Waals surface area (Å²) < 4.78 is 7.22. The molecule has 0 aliphatic heterocycles. The molecule has 0 atom stereocenters. The van der Waals surface area contributed by atoms with Crippen molar-refractivity contribution in [2.75, 3.05) is 5.32 Å². The van der Waals surface area contributed by atoms with Crippen LogP contribution in [0.5, 0.6) is 0 Å². The molecule has 3 rings (SSSR count). The van der Waals surface area contributed by atoms with E-state index >= 15 is 0 Å². The topological polar surface area (TPSA) is 68.5 Å². The Bertz CT molecular complexity index is 1000. The van der Waals surface area contributed by atoms with E-state index in [1.807, 2.05) is 6.07 Å². The van der Waals surface area contributed by atoms with E-state index in [2.05, 4.69) is 54.4 Å². The summed E-state index contributed by atoms with van der Waals surface area (Å²) in [4.78, 5) is 14.4. The molecule has 0 aliphatic carbocycles. The Hall–Kier alpha value is -1.67. The van der Waals surface area contributed by atoms with Crippen molar-refractivity contribution in [2.24, 2.45) is 7.05 Å². The van der Waals surface area contributed by atoms with Gasteiger partial charge < -0.3 is 0 Å². The van der Waals surface area contributed by atoms with Crippen LogP contribution in [0.15, 0.2) is 36.7 Å². The van der Waals surface area contributed by atoms with Crippen LogP contribution < -0.4 is 9.03 Å². The Morgan fingerprint density at radius 1 is 0.909 bits per heavy atom. The zero-order chi connectivity index (χ0) is 23.7. The molecule has 3 aromatic heterocycles. The quantitative estimate of drug-likeness (QED) is 0.229. The first-order valence-electron chi connectivity index (χ1n) is 12.3. The molecule has 1 N–H and O–H groups in total. The van der Waals surface area contributed by atoms with Gasteiger partial charge in [0.2, 0.25) is 0 Å². The average Bonchev–Trinajstić information content (AvgIpc) is 3.16. The number of aryl methyl sites for hydroxylation is 1. The molecule has 8 heteroatoms. The third-order valence-corrected chi connectivity index (χ3v) is 21.9. The predicted molar refractivity (Wildman–Crippen MR) is 141 cm³/mol. The molecule has 0 saturated carbocycles. The normalized spacial score (nSPS) is 11.7. The van der Waals surface area contributed by atoms with Crippen molar-refractivity contribution >= 4 is 45.3 Å². The van der Waals surface area contributed by atoms with Gasteiger partial charge in [0.15, 0.2) is 0 Å². The molecule has 178 valence electrons. The second-order valence-electron chi connectivity index (χ2n) is 8.86. The molecule has 0 aromatic carbocycles. The van der Waals surface area contributed by atoms with Crippen LogP contribution in [0, 0.1) is 0 Å². The van der Waals surface area contributed by atoms with Crippen LogP contribution in [0.25, 0.3) is 11.4 Å². The Labute approximate surface area is 207 Å². The van der Waals surface area contributed by atoms with Crippen molar-refractivity contribution in [3.63, 3.8) is 0 Å². The van der Waals surface area contributed by atoms with Gasteiger partial charge >= 0.3 is 208 Å². The van der Waals surface area contributed by atoms with Gasteiger partial charge in [-0.1, -0.05) is 0 Å². The van der Waals surface area contributed by atoms with Gasteiger partial charge in [0.1, 0.15) is 0 Å². The van der Waals surface area contributed by atoms with Gasteiger partial charge in [-0.15, -0.1) is 0 Å². The molecule has 0 unspecified atom stereocenters. The van der Waals surface area contributed by atoms with Crippen LogP contribution in [-0.4, -0.2) is 43.1 Å². The zero-order valence-electron chi connectivity index (χ0n) is 20.4. The summed E-state index contributed by atoms with van der Waals surface area (Å²) in [6.45, 7) is 6.93. The Morgan fingerprint density at radius 2 is 1.55 bits per heavy atom. The van der Waals surface area contributed by atoms with E-state index in [1.165, 1.54) is 55.5 Å². The fourth-order valence-electron chi connectivity index (χ4n) is 4.37. The van der Waals surface area contributed by atoms with E-state index in [-0.39, 0.29) is 0 Å². The fraction of sp³-hybridized carbons (Fsp3) is 0.520. The molecule has 0 radical (unpaired) electrons. The maximum atomic E-state index is 6.29. The molecular weight excluding hydrogens is 538 g/mol. The summed E-state index contributed by atoms with van der Waals surface area (Å²) in [6.07, 6.45) is 11.2. The van der Waals surface area contributed by atoms with Gasteiger partial charge in [0.05, 0.1) is 0 Å². The molecule has 0 bridgehead atoms. The summed E-state index contributed by atoms with van der Waals surface area (Å²) in [5.74, 6) is 0.493. The number of pyridine rings is 1. The Kier molecular flexibility index (Phi) is 9.98. The van der Waals surface area contributed by atoms with Crippen LogP contribution in [-0.2, 0) is 7.05 Å². The van der Waals surface area contributed by atoms with Crippen molar-refractivity contribution in [1.82, 2.24) is 24.7 Å². The third kappa shape index (κ3) is 6.69. The van der Waals surface area contributed by atoms with Gasteiger partial charge in [0.25, 0.3) is 0 Å². The van der Waals surface area contributed by atoms with Crippen molar-refractivity contribution in [1.29, 1.82) is 0 Å². The van der Waals surface area contributed by atoms with Crippen molar-refractivity contribution in [3.8, 4) is 11.4 Å². The van der Waals surface area contributed by atoms with Crippen LogP contribution in [0.2, 0.25) is 18.5 Å². The van der Waals surface area contributed by atoms with E-state index in [1.54, 1.807) is 24.1 Å². The van der Waals surface area contributed by atoms with E-state index in [4.69, 9.17) is 21.6 Å². The number of nitrogens with zero attached hydrogens (tertiary/aromatic N) is 5. The molecule has 0 fully saturated rings. The summed E-state index contributed by atoms with van der Waals surface area (Å²) in [7, 11) is 1.80. The Balaban J connectivity index is 1.94. The van der Waals surface area contributed by atoms with Crippen LogP contribution in [0.1, 0.15) is 59.3 Å². The number of rotatable bonds is 13. The first-order chi connectivity index (χ1) is 16.0. The van der Waals surface area contributed by atoms with E-state index in [0.29, 0.717) is 16.8 Å². The standard InChI is InChI=1S/C13H10ClN6.3C4H9.Sn/c1-20-12(14)11(8-17-20)19-13-16-7-5-10(18-13)9-4-2-3-6-15-9;3*1-3-4-2;/h2-5,7-8H,1H3,(H,16,18,19);3*1,3-4H2,2H3;. The average molecular weight is 576 g/mol. The van der Waals surface area contributed by atoms with Crippen LogP contribution in [0.3, 0.4) is 0 Å². The molecule has 3 aromatic rings. The van der Waals surface area contributed by atoms with Gasteiger partial charge in [0, 0.05) is 0 Å². The summed E-state index contributed by atoms with van der Waals surface area (Å²) in [6, 6.07) is 8.50. The van der Waals surface area contributed by atoms with Gasteiger partial charge in [-0.05, 0) is 0 Å². The molecule has 0 amide bonds. The summed E-state index contributed by atoms with van der Waals surface area (Å²) >= 11 is 3.68. The van der Waals surface area contributed by atoms with E-state index in [9.17, 15) is 0 Å². The SMILES string of the molecule is CCC[CH2][Sn]([CH2]CCC)([CH2]CCC)[c]1cccc(-c2ccnc(Nc3cnn(C)c3Cl)n2)n1. The number of unbranched alkanes of at least 4 members (excludes halogenated alkanes) is 3. The molecule has 6 nitrogen and oxygen atoms in total.